The van der Waals surface area contributed by atoms with Crippen molar-refractivity contribution in [3.63, 3.8) is 0 Å². The number of nitrogens with one attached hydrogen (secondary N) is 1. The van der Waals surface area contributed by atoms with E-state index in [1.165, 1.54) is 0 Å². The molecule has 0 aromatic heterocycles. The van der Waals surface area contributed by atoms with Gasteiger partial charge in [0.2, 0.25) is 10.0 Å². The largest absolute Gasteiger partial charge is 0.399 e. The Morgan fingerprint density at radius 1 is 1.27 bits per heavy atom. The van der Waals surface area contributed by atoms with Crippen LogP contribution in [0.1, 0.15) is 12.5 Å². The van der Waals surface area contributed by atoms with Gasteiger partial charge in [0.25, 0.3) is 0 Å². The van der Waals surface area contributed by atoms with Crippen molar-refractivity contribution >= 4 is 15.7 Å². The van der Waals surface area contributed by atoms with E-state index in [-0.39, 0.29) is 5.75 Å². The molecule has 3 N–H and O–H groups in total. The predicted octanol–water partition coefficient (Wildman–Crippen LogP) is 0.751. The highest BCUT2D eigenvalue weighted by Gasteiger charge is 2.04. The van der Waals surface area contributed by atoms with Gasteiger partial charge in [-0.25, -0.2) is 13.1 Å². The summed E-state index contributed by atoms with van der Waals surface area (Å²) in [4.78, 5) is 0. The normalized spacial score (nSPS) is 11.5. The van der Waals surface area contributed by atoms with Crippen LogP contribution in [-0.4, -0.2) is 20.7 Å². The van der Waals surface area contributed by atoms with Crippen molar-refractivity contribution in [2.75, 3.05) is 18.0 Å². The maximum absolute atomic E-state index is 11.1. The molecule has 1 rings (SSSR count). The second kappa shape index (κ2) is 5.14. The van der Waals surface area contributed by atoms with Crippen molar-refractivity contribution in [1.82, 2.24) is 4.72 Å². The SMILES string of the molecule is CCS(=O)(=O)NCCc1ccc(N)cc1. The molecule has 0 spiro atoms. The molecule has 0 saturated heterocycles. The zero-order chi connectivity index (χ0) is 11.3. The molecule has 0 aliphatic heterocycles. The standard InChI is InChI=1S/C10H16N2O2S/c1-2-15(13,14)12-8-7-9-3-5-10(11)6-4-9/h3-6,12H,2,7-8,11H2,1H3. The van der Waals surface area contributed by atoms with Crippen molar-refractivity contribution in [1.29, 1.82) is 0 Å². The second-order valence-electron chi connectivity index (χ2n) is 3.29. The third-order valence-electron chi connectivity index (χ3n) is 2.10. The summed E-state index contributed by atoms with van der Waals surface area (Å²) >= 11 is 0. The Hall–Kier alpha value is -1.07. The molecule has 15 heavy (non-hydrogen) atoms. The van der Waals surface area contributed by atoms with Crippen LogP contribution in [0.2, 0.25) is 0 Å². The van der Waals surface area contributed by atoms with Crippen molar-refractivity contribution < 1.29 is 8.42 Å². The summed E-state index contributed by atoms with van der Waals surface area (Å²) < 4.78 is 24.7. The number of sulfonamides is 1. The van der Waals surface area contributed by atoms with E-state index in [2.05, 4.69) is 4.72 Å². The lowest BCUT2D eigenvalue weighted by molar-refractivity contribution is 0.583. The fourth-order valence-corrected chi connectivity index (χ4v) is 1.75. The van der Waals surface area contributed by atoms with E-state index in [4.69, 9.17) is 5.73 Å². The van der Waals surface area contributed by atoms with Gasteiger partial charge in [0.1, 0.15) is 0 Å². The van der Waals surface area contributed by atoms with Gasteiger partial charge in [-0.3, -0.25) is 0 Å². The van der Waals surface area contributed by atoms with Gasteiger partial charge in [0, 0.05) is 12.2 Å². The lowest BCUT2D eigenvalue weighted by atomic mass is 10.1. The molecule has 0 unspecified atom stereocenters. The minimum absolute atomic E-state index is 0.120. The van der Waals surface area contributed by atoms with Crippen LogP contribution in [0.15, 0.2) is 24.3 Å². The summed E-state index contributed by atoms with van der Waals surface area (Å²) in [5.74, 6) is 0.120. The first kappa shape index (κ1) is 12.0. The summed E-state index contributed by atoms with van der Waals surface area (Å²) in [5, 5.41) is 0. The molecule has 0 amide bonds. The van der Waals surface area contributed by atoms with Crippen molar-refractivity contribution in [2.45, 2.75) is 13.3 Å². The molecular weight excluding hydrogens is 212 g/mol. The topological polar surface area (TPSA) is 72.2 Å². The molecule has 0 saturated carbocycles. The fourth-order valence-electron chi connectivity index (χ4n) is 1.14. The molecule has 0 fully saturated rings. The van der Waals surface area contributed by atoms with Gasteiger partial charge in [0.15, 0.2) is 0 Å². The Kier molecular flexibility index (Phi) is 4.11. The van der Waals surface area contributed by atoms with Crippen LogP contribution in [0.25, 0.3) is 0 Å². The fraction of sp³-hybridized carbons (Fsp3) is 0.400. The molecular formula is C10H16N2O2S. The maximum Gasteiger partial charge on any atom is 0.211 e. The average Bonchev–Trinajstić information content (AvgIpc) is 2.21. The minimum Gasteiger partial charge on any atom is -0.399 e. The molecule has 0 radical (unpaired) electrons. The summed E-state index contributed by atoms with van der Waals surface area (Å²) in [6.07, 6.45) is 0.680. The average molecular weight is 228 g/mol. The summed E-state index contributed by atoms with van der Waals surface area (Å²) in [6, 6.07) is 7.42. The Balaban J connectivity index is 2.42. The molecule has 0 aliphatic carbocycles. The Morgan fingerprint density at radius 3 is 2.40 bits per heavy atom. The van der Waals surface area contributed by atoms with Gasteiger partial charge < -0.3 is 5.73 Å². The molecule has 1 aromatic carbocycles. The maximum atomic E-state index is 11.1. The highest BCUT2D eigenvalue weighted by atomic mass is 32.2. The molecule has 5 heteroatoms. The van der Waals surface area contributed by atoms with E-state index in [9.17, 15) is 8.42 Å². The highest BCUT2D eigenvalue weighted by molar-refractivity contribution is 7.89. The van der Waals surface area contributed by atoms with Crippen molar-refractivity contribution in [3.8, 4) is 0 Å². The predicted molar refractivity (Wildman–Crippen MR) is 62.0 cm³/mol. The zero-order valence-corrected chi connectivity index (χ0v) is 9.55. The van der Waals surface area contributed by atoms with E-state index in [0.717, 1.165) is 5.56 Å². The van der Waals surface area contributed by atoms with Crippen LogP contribution >= 0.6 is 0 Å². The summed E-state index contributed by atoms with van der Waals surface area (Å²) in [6.45, 7) is 2.05. The molecule has 0 atom stereocenters. The number of benzene rings is 1. The van der Waals surface area contributed by atoms with E-state index in [1.54, 1.807) is 6.92 Å². The number of hydrogen-bond acceptors (Lipinski definition) is 3. The molecule has 0 bridgehead atoms. The number of hydrogen-bond donors (Lipinski definition) is 2. The molecule has 0 aliphatic rings. The number of rotatable bonds is 5. The van der Waals surface area contributed by atoms with E-state index < -0.39 is 10.0 Å². The first-order valence-corrected chi connectivity index (χ1v) is 6.50. The van der Waals surface area contributed by atoms with E-state index in [0.29, 0.717) is 18.7 Å². The number of nitrogens with two attached hydrogens (primary N) is 1. The minimum atomic E-state index is -3.07. The van der Waals surface area contributed by atoms with Gasteiger partial charge in [-0.15, -0.1) is 0 Å². The quantitative estimate of drug-likeness (QED) is 0.730. The Bertz CT molecular complexity index is 398. The molecule has 0 heterocycles. The third-order valence-corrected chi connectivity index (χ3v) is 3.50. The molecule has 4 nitrogen and oxygen atoms in total. The molecule has 1 aromatic rings. The zero-order valence-electron chi connectivity index (χ0n) is 8.73. The third kappa shape index (κ3) is 4.31. The van der Waals surface area contributed by atoms with Crippen LogP contribution in [0, 0.1) is 0 Å². The smallest absolute Gasteiger partial charge is 0.211 e. The van der Waals surface area contributed by atoms with Gasteiger partial charge in [0.05, 0.1) is 5.75 Å². The number of nitrogen functional groups attached to an aromatic ring is 1. The number of anilines is 1. The summed E-state index contributed by atoms with van der Waals surface area (Å²) in [5.41, 5.74) is 7.32. The highest BCUT2D eigenvalue weighted by Crippen LogP contribution is 2.05. The second-order valence-corrected chi connectivity index (χ2v) is 5.38. The van der Waals surface area contributed by atoms with Crippen molar-refractivity contribution in [2.24, 2.45) is 0 Å². The van der Waals surface area contributed by atoms with Crippen LogP contribution in [0.3, 0.4) is 0 Å². The van der Waals surface area contributed by atoms with E-state index in [1.807, 2.05) is 24.3 Å². The Morgan fingerprint density at radius 2 is 1.87 bits per heavy atom. The lowest BCUT2D eigenvalue weighted by Gasteiger charge is -2.04. The molecule has 84 valence electrons. The summed E-state index contributed by atoms with van der Waals surface area (Å²) in [7, 11) is -3.07. The van der Waals surface area contributed by atoms with E-state index >= 15 is 0 Å². The van der Waals surface area contributed by atoms with Gasteiger partial charge in [-0.05, 0) is 31.0 Å². The van der Waals surface area contributed by atoms with Crippen molar-refractivity contribution in [3.05, 3.63) is 29.8 Å². The lowest BCUT2D eigenvalue weighted by Crippen LogP contribution is -2.27. The monoisotopic (exact) mass is 228 g/mol. The van der Waals surface area contributed by atoms with Crippen LogP contribution < -0.4 is 10.5 Å². The Labute approximate surface area is 90.5 Å². The van der Waals surface area contributed by atoms with Crippen LogP contribution in [-0.2, 0) is 16.4 Å². The van der Waals surface area contributed by atoms with Gasteiger partial charge in [-0.2, -0.15) is 0 Å². The van der Waals surface area contributed by atoms with Crippen LogP contribution in [0.5, 0.6) is 0 Å². The first-order chi connectivity index (χ1) is 7.03. The van der Waals surface area contributed by atoms with Gasteiger partial charge >= 0.3 is 0 Å². The van der Waals surface area contributed by atoms with Crippen LogP contribution in [0.4, 0.5) is 5.69 Å². The first-order valence-electron chi connectivity index (χ1n) is 4.85. The van der Waals surface area contributed by atoms with Gasteiger partial charge in [-0.1, -0.05) is 12.1 Å².